The molecule has 188 valence electrons. The van der Waals surface area contributed by atoms with E-state index in [1.807, 2.05) is 11.0 Å². The Balaban J connectivity index is 1.77. The Hall–Kier alpha value is -3.36. The van der Waals surface area contributed by atoms with Crippen LogP contribution in [0.25, 0.3) is 6.08 Å². The molecule has 9 nitrogen and oxygen atoms in total. The largest absolute Gasteiger partial charge is 0.467 e. The van der Waals surface area contributed by atoms with Gasteiger partial charge in [-0.1, -0.05) is 24.0 Å². The number of nitriles is 1. The van der Waals surface area contributed by atoms with Crippen molar-refractivity contribution in [3.05, 3.63) is 56.1 Å². The van der Waals surface area contributed by atoms with Crippen LogP contribution in [-0.2, 0) is 27.9 Å². The molecule has 0 spiro atoms. The minimum absolute atomic E-state index is 0.0116. The molecule has 0 saturated carbocycles. The van der Waals surface area contributed by atoms with Gasteiger partial charge < -0.3 is 14.1 Å². The van der Waals surface area contributed by atoms with Gasteiger partial charge in [-0.2, -0.15) is 5.26 Å². The van der Waals surface area contributed by atoms with Crippen molar-refractivity contribution in [2.45, 2.75) is 33.2 Å². The first-order valence-corrected chi connectivity index (χ1v) is 12.8. The zero-order chi connectivity index (χ0) is 26.0. The maximum Gasteiger partial charge on any atom is 0.310 e. The number of furan rings is 1. The lowest BCUT2D eigenvalue weighted by Crippen LogP contribution is -2.42. The second-order valence-corrected chi connectivity index (χ2v) is 10.3. The molecule has 2 aromatic heterocycles. The summed E-state index contributed by atoms with van der Waals surface area (Å²) in [6.45, 7) is 4.98. The SMILES string of the molecule is CCOC(=O)C1CCCN(c2c(C=C3SC(=S)N(Cc4ccco4)C3=O)c(C)c(C#N)c(=O)n2C)C1. The Bertz CT molecular complexity index is 1340. The third-order valence-electron chi connectivity index (χ3n) is 6.35. The molecule has 2 aliphatic rings. The number of hydrogen-bond donors (Lipinski definition) is 0. The summed E-state index contributed by atoms with van der Waals surface area (Å²) < 4.78 is 12.4. The van der Waals surface area contributed by atoms with E-state index in [0.29, 0.717) is 58.0 Å². The maximum atomic E-state index is 13.3. The Morgan fingerprint density at radius 1 is 1.42 bits per heavy atom. The first kappa shape index (κ1) is 25.7. The number of piperidine rings is 1. The lowest BCUT2D eigenvalue weighted by atomic mass is 9.96. The molecular formula is C25H26N4O5S2. The van der Waals surface area contributed by atoms with Gasteiger partial charge in [0.2, 0.25) is 0 Å². The van der Waals surface area contributed by atoms with Crippen LogP contribution >= 0.6 is 24.0 Å². The fourth-order valence-electron chi connectivity index (χ4n) is 4.54. The first-order chi connectivity index (χ1) is 17.3. The van der Waals surface area contributed by atoms with E-state index in [9.17, 15) is 19.6 Å². The van der Waals surface area contributed by atoms with Crippen LogP contribution in [0.5, 0.6) is 0 Å². The maximum absolute atomic E-state index is 13.3. The summed E-state index contributed by atoms with van der Waals surface area (Å²) in [4.78, 5) is 42.6. The zero-order valence-corrected chi connectivity index (χ0v) is 21.9. The quantitative estimate of drug-likeness (QED) is 0.318. The normalized spacial score (nSPS) is 19.2. The highest BCUT2D eigenvalue weighted by Gasteiger charge is 2.35. The minimum atomic E-state index is -0.425. The highest BCUT2D eigenvalue weighted by Crippen LogP contribution is 2.37. The molecule has 2 aromatic rings. The molecule has 1 atom stereocenters. The molecule has 11 heteroatoms. The first-order valence-electron chi connectivity index (χ1n) is 11.6. The molecule has 0 N–H and O–H groups in total. The number of hydrogen-bond acceptors (Lipinski definition) is 9. The van der Waals surface area contributed by atoms with E-state index in [-0.39, 0.29) is 29.9 Å². The number of thiocarbonyl (C=S) groups is 1. The summed E-state index contributed by atoms with van der Waals surface area (Å²) in [5.74, 6) is 0.294. The monoisotopic (exact) mass is 526 g/mol. The molecular weight excluding hydrogens is 500 g/mol. The van der Waals surface area contributed by atoms with Crippen LogP contribution in [0.15, 0.2) is 32.5 Å². The van der Waals surface area contributed by atoms with Crippen molar-refractivity contribution in [2.24, 2.45) is 13.0 Å². The molecule has 36 heavy (non-hydrogen) atoms. The summed E-state index contributed by atoms with van der Waals surface area (Å²) in [6, 6.07) is 5.52. The number of carbonyl (C=O) groups is 2. The molecule has 4 heterocycles. The average Bonchev–Trinajstić information content (AvgIpc) is 3.47. The smallest absolute Gasteiger partial charge is 0.310 e. The molecule has 1 unspecified atom stereocenters. The van der Waals surface area contributed by atoms with Crippen LogP contribution in [0.3, 0.4) is 0 Å². The predicted molar refractivity (Wildman–Crippen MR) is 140 cm³/mol. The van der Waals surface area contributed by atoms with E-state index in [4.69, 9.17) is 21.4 Å². The number of amides is 1. The van der Waals surface area contributed by atoms with E-state index in [1.54, 1.807) is 39.1 Å². The van der Waals surface area contributed by atoms with Gasteiger partial charge in [-0.05, 0) is 50.5 Å². The van der Waals surface area contributed by atoms with Gasteiger partial charge >= 0.3 is 5.97 Å². The third-order valence-corrected chi connectivity index (χ3v) is 7.73. The van der Waals surface area contributed by atoms with Gasteiger partial charge in [0.05, 0.1) is 30.2 Å². The van der Waals surface area contributed by atoms with Gasteiger partial charge in [-0.15, -0.1) is 0 Å². The third kappa shape index (κ3) is 4.83. The number of nitrogens with zero attached hydrogens (tertiary/aromatic N) is 4. The fourth-order valence-corrected chi connectivity index (χ4v) is 5.78. The summed E-state index contributed by atoms with van der Waals surface area (Å²) in [5.41, 5.74) is 0.644. The standard InChI is InChI=1S/C25H26N4O5S2/c1-4-33-24(32)16-7-5-9-28(13-16)21-18(15(2)19(12-26)22(30)27(21)3)11-20-23(31)29(25(35)36-20)14-17-8-6-10-34-17/h6,8,10-11,16H,4-5,7,9,13-14H2,1-3H3. The van der Waals surface area contributed by atoms with Crippen molar-refractivity contribution in [3.63, 3.8) is 0 Å². The summed E-state index contributed by atoms with van der Waals surface area (Å²) in [7, 11) is 1.60. The number of ether oxygens (including phenoxy) is 1. The van der Waals surface area contributed by atoms with Gasteiger partial charge in [-0.25, -0.2) is 0 Å². The topological polar surface area (TPSA) is 109 Å². The van der Waals surface area contributed by atoms with Crippen LogP contribution in [0.4, 0.5) is 5.82 Å². The molecule has 2 saturated heterocycles. The molecule has 4 rings (SSSR count). The van der Waals surface area contributed by atoms with E-state index in [0.717, 1.165) is 18.2 Å². The fraction of sp³-hybridized carbons (Fsp3) is 0.400. The van der Waals surface area contributed by atoms with Crippen LogP contribution in [-0.4, -0.2) is 45.4 Å². The second kappa shape index (κ2) is 10.7. The molecule has 0 aromatic carbocycles. The lowest BCUT2D eigenvalue weighted by molar-refractivity contribution is -0.148. The Morgan fingerprint density at radius 2 is 2.19 bits per heavy atom. The van der Waals surface area contributed by atoms with Gasteiger partial charge in [0.1, 0.15) is 27.5 Å². The second-order valence-electron chi connectivity index (χ2n) is 8.60. The average molecular weight is 527 g/mol. The number of thioether (sulfide) groups is 1. The number of esters is 1. The number of anilines is 1. The van der Waals surface area contributed by atoms with E-state index >= 15 is 0 Å². The predicted octanol–water partition coefficient (Wildman–Crippen LogP) is 3.34. The van der Waals surface area contributed by atoms with Crippen molar-refractivity contribution >= 4 is 52.1 Å². The number of pyridine rings is 1. The van der Waals surface area contributed by atoms with E-state index in [1.165, 1.54) is 15.7 Å². The lowest BCUT2D eigenvalue weighted by Gasteiger charge is -2.35. The van der Waals surface area contributed by atoms with Crippen LogP contribution in [0, 0.1) is 24.2 Å². The Morgan fingerprint density at radius 3 is 2.86 bits per heavy atom. The summed E-state index contributed by atoms with van der Waals surface area (Å²) in [5, 5.41) is 9.69. The van der Waals surface area contributed by atoms with Crippen molar-refractivity contribution in [1.29, 1.82) is 5.26 Å². The summed E-state index contributed by atoms with van der Waals surface area (Å²) in [6.07, 6.45) is 4.66. The van der Waals surface area contributed by atoms with E-state index in [2.05, 4.69) is 0 Å². The highest BCUT2D eigenvalue weighted by atomic mass is 32.2. The Labute approximate surface area is 218 Å². The molecule has 0 aliphatic carbocycles. The Kier molecular flexibility index (Phi) is 7.66. The van der Waals surface area contributed by atoms with Crippen molar-refractivity contribution in [1.82, 2.24) is 9.47 Å². The molecule has 0 radical (unpaired) electrons. The summed E-state index contributed by atoms with van der Waals surface area (Å²) >= 11 is 6.62. The number of carbonyl (C=O) groups excluding carboxylic acids is 2. The van der Waals surface area contributed by atoms with Gasteiger partial charge in [-0.3, -0.25) is 23.9 Å². The molecule has 0 bridgehead atoms. The van der Waals surface area contributed by atoms with Crippen molar-refractivity contribution in [3.8, 4) is 6.07 Å². The number of rotatable bonds is 6. The van der Waals surface area contributed by atoms with Crippen LogP contribution in [0.1, 0.15) is 42.2 Å². The van der Waals surface area contributed by atoms with Gasteiger partial charge in [0, 0.05) is 25.7 Å². The van der Waals surface area contributed by atoms with Crippen LogP contribution in [0.2, 0.25) is 0 Å². The molecule has 1 amide bonds. The van der Waals surface area contributed by atoms with E-state index < -0.39 is 5.56 Å². The highest BCUT2D eigenvalue weighted by molar-refractivity contribution is 8.26. The molecule has 2 aliphatic heterocycles. The molecule has 2 fully saturated rings. The minimum Gasteiger partial charge on any atom is -0.467 e. The number of aromatic nitrogens is 1. The van der Waals surface area contributed by atoms with Gasteiger partial charge in [0.25, 0.3) is 11.5 Å². The van der Waals surface area contributed by atoms with Crippen molar-refractivity contribution in [2.75, 3.05) is 24.6 Å². The van der Waals surface area contributed by atoms with Crippen LogP contribution < -0.4 is 10.5 Å². The van der Waals surface area contributed by atoms with Crippen molar-refractivity contribution < 1.29 is 18.7 Å². The van der Waals surface area contributed by atoms with Gasteiger partial charge in [0.15, 0.2) is 0 Å². The zero-order valence-electron chi connectivity index (χ0n) is 20.3.